The highest BCUT2D eigenvalue weighted by Crippen LogP contribution is 2.23. The van der Waals surface area contributed by atoms with Gasteiger partial charge in [0.15, 0.2) is 0 Å². The predicted molar refractivity (Wildman–Crippen MR) is 94.1 cm³/mol. The van der Waals surface area contributed by atoms with E-state index >= 15 is 0 Å². The number of nitrogens with zero attached hydrogens (tertiary/aromatic N) is 1. The number of pyridine rings is 1. The lowest BCUT2D eigenvalue weighted by molar-refractivity contribution is 0.0916. The minimum atomic E-state index is -0.797. The summed E-state index contributed by atoms with van der Waals surface area (Å²) in [5, 5.41) is 12.9. The van der Waals surface area contributed by atoms with Crippen LogP contribution in [0.15, 0.2) is 47.4 Å². The summed E-state index contributed by atoms with van der Waals surface area (Å²) < 4.78 is 1.39. The number of carbonyl (C=O) groups is 1. The molecule has 0 fully saturated rings. The first-order valence-corrected chi connectivity index (χ1v) is 7.92. The molecular formula is C19H24N2O3. The van der Waals surface area contributed by atoms with Crippen LogP contribution in [0.1, 0.15) is 48.4 Å². The van der Waals surface area contributed by atoms with Gasteiger partial charge in [-0.3, -0.25) is 9.59 Å². The Balaban J connectivity index is 1.99. The van der Waals surface area contributed by atoms with Crippen molar-refractivity contribution < 1.29 is 9.90 Å². The molecule has 5 nitrogen and oxygen atoms in total. The number of hydrogen-bond acceptors (Lipinski definition) is 3. The van der Waals surface area contributed by atoms with Crippen LogP contribution in [-0.2, 0) is 12.5 Å². The first-order valence-electron chi connectivity index (χ1n) is 7.92. The van der Waals surface area contributed by atoms with Gasteiger partial charge in [-0.25, -0.2) is 0 Å². The van der Waals surface area contributed by atoms with Crippen LogP contribution >= 0.6 is 0 Å². The summed E-state index contributed by atoms with van der Waals surface area (Å²) in [6, 6.07) is 10.6. The van der Waals surface area contributed by atoms with E-state index in [9.17, 15) is 14.7 Å². The van der Waals surface area contributed by atoms with Gasteiger partial charge in [0.2, 0.25) is 0 Å². The molecule has 1 atom stereocenters. The Morgan fingerprint density at radius 2 is 1.83 bits per heavy atom. The summed E-state index contributed by atoms with van der Waals surface area (Å²) in [4.78, 5) is 23.6. The van der Waals surface area contributed by atoms with Crippen molar-refractivity contribution >= 4 is 5.91 Å². The van der Waals surface area contributed by atoms with Crippen LogP contribution in [0.5, 0.6) is 0 Å². The Hall–Kier alpha value is -2.40. The van der Waals surface area contributed by atoms with Gasteiger partial charge in [-0.1, -0.05) is 45.0 Å². The van der Waals surface area contributed by atoms with Crippen molar-refractivity contribution in [2.45, 2.75) is 32.3 Å². The molecule has 0 spiro atoms. The van der Waals surface area contributed by atoms with Crippen molar-refractivity contribution in [1.29, 1.82) is 0 Å². The molecule has 128 valence electrons. The van der Waals surface area contributed by atoms with E-state index in [-0.39, 0.29) is 29.0 Å². The number of amides is 1. The lowest BCUT2D eigenvalue weighted by Crippen LogP contribution is -2.29. The maximum atomic E-state index is 12.1. The molecule has 5 heteroatoms. The molecule has 1 unspecified atom stereocenters. The molecule has 2 N–H and O–H groups in total. The summed E-state index contributed by atoms with van der Waals surface area (Å²) in [5.41, 5.74) is 2.02. The van der Waals surface area contributed by atoms with Crippen molar-refractivity contribution in [1.82, 2.24) is 9.88 Å². The molecule has 0 saturated carbocycles. The highest BCUT2D eigenvalue weighted by molar-refractivity contribution is 5.93. The Labute approximate surface area is 142 Å². The Morgan fingerprint density at radius 1 is 1.21 bits per heavy atom. The van der Waals surface area contributed by atoms with Crippen molar-refractivity contribution in [3.63, 3.8) is 0 Å². The van der Waals surface area contributed by atoms with E-state index in [2.05, 4.69) is 26.1 Å². The predicted octanol–water partition coefficient (Wildman–Crippen LogP) is 2.15. The van der Waals surface area contributed by atoms with Gasteiger partial charge in [-0.05, 0) is 22.6 Å². The molecule has 1 aromatic heterocycles. The second kappa shape index (κ2) is 7.01. The highest BCUT2D eigenvalue weighted by atomic mass is 16.3. The van der Waals surface area contributed by atoms with Crippen LogP contribution in [0.2, 0.25) is 0 Å². The number of aliphatic hydroxyl groups excluding tert-OH is 1. The maximum absolute atomic E-state index is 12.1. The molecule has 2 aromatic rings. The van der Waals surface area contributed by atoms with Gasteiger partial charge in [0, 0.05) is 31.4 Å². The van der Waals surface area contributed by atoms with Crippen molar-refractivity contribution in [2.24, 2.45) is 7.05 Å². The fourth-order valence-electron chi connectivity index (χ4n) is 2.30. The average molecular weight is 328 g/mol. The first-order chi connectivity index (χ1) is 11.2. The fraction of sp³-hybridized carbons (Fsp3) is 0.368. The third-order valence-electron chi connectivity index (χ3n) is 3.98. The van der Waals surface area contributed by atoms with Gasteiger partial charge in [0.25, 0.3) is 11.5 Å². The summed E-state index contributed by atoms with van der Waals surface area (Å²) in [5.74, 6) is -0.377. The third kappa shape index (κ3) is 4.32. The number of aliphatic hydroxyl groups is 1. The molecule has 2 rings (SSSR count). The number of hydrogen-bond donors (Lipinski definition) is 2. The fourth-order valence-corrected chi connectivity index (χ4v) is 2.30. The second-order valence-electron chi connectivity index (χ2n) is 6.96. The maximum Gasteiger partial charge on any atom is 0.251 e. The monoisotopic (exact) mass is 328 g/mol. The first kappa shape index (κ1) is 17.9. The lowest BCUT2D eigenvalue weighted by Gasteiger charge is -2.20. The zero-order chi connectivity index (χ0) is 17.9. The van der Waals surface area contributed by atoms with Crippen LogP contribution < -0.4 is 10.9 Å². The molecule has 0 aliphatic carbocycles. The van der Waals surface area contributed by atoms with E-state index < -0.39 is 6.10 Å². The molecule has 1 aromatic carbocycles. The smallest absolute Gasteiger partial charge is 0.251 e. The normalized spacial score (nSPS) is 12.7. The van der Waals surface area contributed by atoms with Crippen molar-refractivity contribution in [2.75, 3.05) is 6.54 Å². The number of benzene rings is 1. The summed E-state index contributed by atoms with van der Waals surface area (Å²) in [7, 11) is 1.62. The van der Waals surface area contributed by atoms with E-state index in [0.29, 0.717) is 0 Å². The van der Waals surface area contributed by atoms with Crippen LogP contribution in [0, 0.1) is 0 Å². The van der Waals surface area contributed by atoms with Gasteiger partial charge in [0.1, 0.15) is 0 Å². The quantitative estimate of drug-likeness (QED) is 0.903. The van der Waals surface area contributed by atoms with Gasteiger partial charge in [-0.15, -0.1) is 0 Å². The van der Waals surface area contributed by atoms with Gasteiger partial charge >= 0.3 is 0 Å². The number of aryl methyl sites for hydroxylation is 1. The third-order valence-corrected chi connectivity index (χ3v) is 3.98. The van der Waals surface area contributed by atoms with Crippen molar-refractivity contribution in [3.05, 3.63) is 69.6 Å². The second-order valence-corrected chi connectivity index (χ2v) is 6.96. The summed E-state index contributed by atoms with van der Waals surface area (Å²) >= 11 is 0. The number of aromatic nitrogens is 1. The molecular weight excluding hydrogens is 304 g/mol. The Morgan fingerprint density at radius 3 is 2.38 bits per heavy atom. The minimum Gasteiger partial charge on any atom is -0.387 e. The van der Waals surface area contributed by atoms with E-state index in [0.717, 1.165) is 5.56 Å². The molecule has 0 radical (unpaired) electrons. The SMILES string of the molecule is Cn1ccc(C(=O)NCC(O)c2ccc(C(C)(C)C)cc2)cc1=O. The molecule has 0 aliphatic heterocycles. The molecule has 24 heavy (non-hydrogen) atoms. The van der Waals surface area contributed by atoms with Crippen LogP contribution in [0.3, 0.4) is 0 Å². The minimum absolute atomic E-state index is 0.0528. The summed E-state index contributed by atoms with van der Waals surface area (Å²) in [6.07, 6.45) is 0.744. The van der Waals surface area contributed by atoms with Gasteiger partial charge in [-0.2, -0.15) is 0 Å². The molecule has 1 heterocycles. The summed E-state index contributed by atoms with van der Waals surface area (Å²) in [6.45, 7) is 6.47. The van der Waals surface area contributed by atoms with Crippen molar-refractivity contribution in [3.8, 4) is 0 Å². The lowest BCUT2D eigenvalue weighted by atomic mass is 9.86. The zero-order valence-corrected chi connectivity index (χ0v) is 14.5. The van der Waals surface area contributed by atoms with Gasteiger partial charge in [0.05, 0.1) is 6.10 Å². The molecule has 1 amide bonds. The standard InChI is InChI=1S/C19H24N2O3/c1-19(2,3)15-7-5-13(6-8-15)16(22)12-20-18(24)14-9-10-21(4)17(23)11-14/h5-11,16,22H,12H2,1-4H3,(H,20,24). The van der Waals surface area contributed by atoms with E-state index in [1.54, 1.807) is 19.3 Å². The number of rotatable bonds is 4. The molecule has 0 bridgehead atoms. The van der Waals surface area contributed by atoms with Crippen LogP contribution in [0.25, 0.3) is 0 Å². The highest BCUT2D eigenvalue weighted by Gasteiger charge is 2.15. The number of nitrogens with one attached hydrogen (secondary N) is 1. The topological polar surface area (TPSA) is 71.3 Å². The average Bonchev–Trinajstić information content (AvgIpc) is 2.54. The number of carbonyl (C=O) groups excluding carboxylic acids is 1. The van der Waals surface area contributed by atoms with E-state index in [4.69, 9.17) is 0 Å². The molecule has 0 aliphatic rings. The van der Waals surface area contributed by atoms with Crippen LogP contribution in [0.4, 0.5) is 0 Å². The Kier molecular flexibility index (Phi) is 5.24. The van der Waals surface area contributed by atoms with Gasteiger partial charge < -0.3 is 15.0 Å². The van der Waals surface area contributed by atoms with E-state index in [1.807, 2.05) is 24.3 Å². The zero-order valence-electron chi connectivity index (χ0n) is 14.5. The van der Waals surface area contributed by atoms with E-state index in [1.165, 1.54) is 16.2 Å². The molecule has 0 saturated heterocycles. The Bertz CT molecular complexity index is 770. The largest absolute Gasteiger partial charge is 0.387 e. The van der Waals surface area contributed by atoms with Crippen LogP contribution in [-0.4, -0.2) is 22.1 Å².